The molecule has 5 nitrogen and oxygen atoms in total. The molecule has 0 saturated carbocycles. The van der Waals surface area contributed by atoms with Crippen LogP contribution in [0.3, 0.4) is 0 Å². The summed E-state index contributed by atoms with van der Waals surface area (Å²) in [5.41, 5.74) is 0. The summed E-state index contributed by atoms with van der Waals surface area (Å²) >= 11 is 1.40. The van der Waals surface area contributed by atoms with Crippen molar-refractivity contribution in [3.05, 3.63) is 30.7 Å². The standard InChI is InChI=1S/C9H9N5S/c1-10-8-11-6-3-7(14-8)15-9-12-4-2-5-13-9/h2-6H,1H3,(H,10,11,14). The van der Waals surface area contributed by atoms with E-state index in [4.69, 9.17) is 0 Å². The maximum atomic E-state index is 4.25. The first-order valence-electron chi connectivity index (χ1n) is 4.34. The van der Waals surface area contributed by atoms with Crippen LogP contribution in [0.25, 0.3) is 0 Å². The van der Waals surface area contributed by atoms with Crippen molar-refractivity contribution in [3.8, 4) is 0 Å². The van der Waals surface area contributed by atoms with Crippen LogP contribution in [-0.4, -0.2) is 27.0 Å². The molecule has 2 aromatic heterocycles. The first-order valence-corrected chi connectivity index (χ1v) is 5.16. The van der Waals surface area contributed by atoms with Crippen molar-refractivity contribution < 1.29 is 0 Å². The molecule has 0 aliphatic carbocycles. The van der Waals surface area contributed by atoms with E-state index in [1.165, 1.54) is 11.8 Å². The third-order valence-corrected chi connectivity index (χ3v) is 2.42. The zero-order valence-corrected chi connectivity index (χ0v) is 8.90. The number of aromatic nitrogens is 4. The Bertz CT molecular complexity index is 434. The van der Waals surface area contributed by atoms with Gasteiger partial charge in [0.25, 0.3) is 0 Å². The van der Waals surface area contributed by atoms with Crippen LogP contribution < -0.4 is 5.32 Å². The average Bonchev–Trinajstić information content (AvgIpc) is 2.31. The van der Waals surface area contributed by atoms with Crippen LogP contribution in [0.5, 0.6) is 0 Å². The maximum absolute atomic E-state index is 4.25. The van der Waals surface area contributed by atoms with Gasteiger partial charge in [-0.2, -0.15) is 0 Å². The molecule has 0 atom stereocenters. The maximum Gasteiger partial charge on any atom is 0.223 e. The van der Waals surface area contributed by atoms with Gasteiger partial charge in [0.05, 0.1) is 0 Å². The van der Waals surface area contributed by atoms with E-state index in [0.717, 1.165) is 5.03 Å². The predicted molar refractivity (Wildman–Crippen MR) is 57.7 cm³/mol. The minimum Gasteiger partial charge on any atom is -0.357 e. The largest absolute Gasteiger partial charge is 0.357 e. The van der Waals surface area contributed by atoms with E-state index >= 15 is 0 Å². The van der Waals surface area contributed by atoms with Crippen LogP contribution in [0.4, 0.5) is 5.95 Å². The number of hydrogen-bond donors (Lipinski definition) is 1. The van der Waals surface area contributed by atoms with E-state index in [1.54, 1.807) is 31.7 Å². The van der Waals surface area contributed by atoms with E-state index in [0.29, 0.717) is 11.1 Å². The number of nitrogens with zero attached hydrogens (tertiary/aromatic N) is 4. The fraction of sp³-hybridized carbons (Fsp3) is 0.111. The van der Waals surface area contributed by atoms with Gasteiger partial charge in [-0.05, 0) is 23.9 Å². The quantitative estimate of drug-likeness (QED) is 0.623. The molecule has 0 aliphatic heterocycles. The number of rotatable bonds is 3. The van der Waals surface area contributed by atoms with Crippen molar-refractivity contribution in [3.63, 3.8) is 0 Å². The van der Waals surface area contributed by atoms with Crippen LogP contribution in [0.1, 0.15) is 0 Å². The molecule has 0 fully saturated rings. The summed E-state index contributed by atoms with van der Waals surface area (Å²) in [5, 5.41) is 4.38. The molecule has 15 heavy (non-hydrogen) atoms. The molecule has 2 rings (SSSR count). The Balaban J connectivity index is 2.17. The second kappa shape index (κ2) is 4.70. The van der Waals surface area contributed by atoms with Gasteiger partial charge < -0.3 is 5.32 Å². The third kappa shape index (κ3) is 2.63. The first-order chi connectivity index (χ1) is 7.38. The Morgan fingerprint density at radius 1 is 1.13 bits per heavy atom. The summed E-state index contributed by atoms with van der Waals surface area (Å²) in [4.78, 5) is 16.5. The highest BCUT2D eigenvalue weighted by atomic mass is 32.2. The van der Waals surface area contributed by atoms with E-state index in [2.05, 4.69) is 25.3 Å². The molecule has 2 heterocycles. The summed E-state index contributed by atoms with van der Waals surface area (Å²) in [6.07, 6.45) is 5.11. The lowest BCUT2D eigenvalue weighted by molar-refractivity contribution is 0.956. The molecule has 0 saturated heterocycles. The molecular formula is C9H9N5S. The lowest BCUT2D eigenvalue weighted by atomic mass is 10.7. The van der Waals surface area contributed by atoms with Crippen molar-refractivity contribution in [1.29, 1.82) is 0 Å². The van der Waals surface area contributed by atoms with E-state index < -0.39 is 0 Å². The molecule has 0 aliphatic rings. The average molecular weight is 219 g/mol. The minimum atomic E-state index is 0.593. The topological polar surface area (TPSA) is 63.6 Å². The molecule has 1 N–H and O–H groups in total. The number of nitrogens with one attached hydrogen (secondary N) is 1. The third-order valence-electron chi connectivity index (χ3n) is 1.59. The molecular weight excluding hydrogens is 210 g/mol. The van der Waals surface area contributed by atoms with Crippen molar-refractivity contribution in [2.45, 2.75) is 10.2 Å². The van der Waals surface area contributed by atoms with Gasteiger partial charge in [0.1, 0.15) is 5.03 Å². The summed E-state index contributed by atoms with van der Waals surface area (Å²) in [5.74, 6) is 0.593. The van der Waals surface area contributed by atoms with Crippen LogP contribution in [0, 0.1) is 0 Å². The Hall–Kier alpha value is -1.69. The lowest BCUT2D eigenvalue weighted by Crippen LogP contribution is -1.96. The highest BCUT2D eigenvalue weighted by molar-refractivity contribution is 7.99. The van der Waals surface area contributed by atoms with Crippen molar-refractivity contribution in [2.75, 3.05) is 12.4 Å². The Labute approximate surface area is 91.4 Å². The molecule has 0 unspecified atom stereocenters. The second-order valence-corrected chi connectivity index (χ2v) is 3.59. The normalized spacial score (nSPS) is 9.93. The van der Waals surface area contributed by atoms with Crippen LogP contribution >= 0.6 is 11.8 Å². The fourth-order valence-corrected chi connectivity index (χ4v) is 1.63. The summed E-state index contributed by atoms with van der Waals surface area (Å²) in [6, 6.07) is 3.60. The zero-order valence-electron chi connectivity index (χ0n) is 8.08. The van der Waals surface area contributed by atoms with E-state index in [9.17, 15) is 0 Å². The predicted octanol–water partition coefficient (Wildman–Crippen LogP) is 1.46. The molecule has 0 amide bonds. The van der Waals surface area contributed by atoms with Crippen molar-refractivity contribution in [1.82, 2.24) is 19.9 Å². The minimum absolute atomic E-state index is 0.593. The zero-order chi connectivity index (χ0) is 10.5. The van der Waals surface area contributed by atoms with Crippen molar-refractivity contribution in [2.24, 2.45) is 0 Å². The van der Waals surface area contributed by atoms with Gasteiger partial charge in [0, 0.05) is 25.6 Å². The summed E-state index contributed by atoms with van der Waals surface area (Å²) < 4.78 is 0. The van der Waals surface area contributed by atoms with Gasteiger partial charge in [-0.15, -0.1) is 0 Å². The molecule has 76 valence electrons. The second-order valence-electron chi connectivity index (χ2n) is 2.60. The fourth-order valence-electron chi connectivity index (χ4n) is 0.951. The highest BCUT2D eigenvalue weighted by Crippen LogP contribution is 2.21. The highest BCUT2D eigenvalue weighted by Gasteiger charge is 2.01. The van der Waals surface area contributed by atoms with Gasteiger partial charge >= 0.3 is 0 Å². The Morgan fingerprint density at radius 3 is 2.67 bits per heavy atom. The summed E-state index contributed by atoms with van der Waals surface area (Å²) in [7, 11) is 1.78. The molecule has 0 bridgehead atoms. The van der Waals surface area contributed by atoms with Crippen molar-refractivity contribution >= 4 is 17.7 Å². The van der Waals surface area contributed by atoms with Gasteiger partial charge in [0.2, 0.25) is 5.95 Å². The Kier molecular flexibility index (Phi) is 3.08. The van der Waals surface area contributed by atoms with Crippen LogP contribution in [0.15, 0.2) is 40.9 Å². The van der Waals surface area contributed by atoms with E-state index in [1.807, 2.05) is 6.07 Å². The Morgan fingerprint density at radius 2 is 1.93 bits per heavy atom. The van der Waals surface area contributed by atoms with Gasteiger partial charge in [-0.1, -0.05) is 0 Å². The molecule has 0 spiro atoms. The molecule has 2 aromatic rings. The lowest BCUT2D eigenvalue weighted by Gasteiger charge is -2.00. The molecule has 6 heteroatoms. The monoisotopic (exact) mass is 219 g/mol. The number of anilines is 1. The number of hydrogen-bond acceptors (Lipinski definition) is 6. The molecule has 0 aromatic carbocycles. The van der Waals surface area contributed by atoms with E-state index in [-0.39, 0.29) is 0 Å². The summed E-state index contributed by atoms with van der Waals surface area (Å²) in [6.45, 7) is 0. The van der Waals surface area contributed by atoms with Gasteiger partial charge in [-0.3, -0.25) is 0 Å². The SMILES string of the molecule is CNc1nccc(Sc2ncccn2)n1. The smallest absolute Gasteiger partial charge is 0.223 e. The van der Waals surface area contributed by atoms with Gasteiger partial charge in [0.15, 0.2) is 5.16 Å². The van der Waals surface area contributed by atoms with Crippen LogP contribution in [-0.2, 0) is 0 Å². The first kappa shape index (κ1) is 9.85. The van der Waals surface area contributed by atoms with Crippen LogP contribution in [0.2, 0.25) is 0 Å². The van der Waals surface area contributed by atoms with Gasteiger partial charge in [-0.25, -0.2) is 19.9 Å². The molecule has 0 radical (unpaired) electrons.